The van der Waals surface area contributed by atoms with Crippen LogP contribution in [0, 0.1) is 6.92 Å². The number of nitrogens with zero attached hydrogens (tertiary/aromatic N) is 1. The number of amides is 1. The van der Waals surface area contributed by atoms with Crippen LogP contribution in [0.5, 0.6) is 0 Å². The van der Waals surface area contributed by atoms with Crippen LogP contribution in [0.2, 0.25) is 0 Å². The lowest BCUT2D eigenvalue weighted by atomic mass is 10.1. The molecule has 2 N–H and O–H groups in total. The highest BCUT2D eigenvalue weighted by molar-refractivity contribution is 9.10. The lowest BCUT2D eigenvalue weighted by Crippen LogP contribution is -2.27. The number of halogens is 1. The summed E-state index contributed by atoms with van der Waals surface area (Å²) in [4.78, 5) is 11.5. The fourth-order valence-electron chi connectivity index (χ4n) is 2.14. The molecule has 2 aromatic rings. The van der Waals surface area contributed by atoms with E-state index in [1.54, 1.807) is 13.0 Å². The standard InChI is InChI=1S/C16H17BrN2O3S/c1-11-3-8-14(9-15(11)16(18)20)23(21,22)19(2)10-12-4-6-13(17)7-5-12/h3-9H,10H2,1-2H3,(H2,18,20). The van der Waals surface area contributed by atoms with E-state index in [-0.39, 0.29) is 17.0 Å². The normalized spacial score (nSPS) is 11.7. The maximum absolute atomic E-state index is 12.7. The average Bonchev–Trinajstić information content (AvgIpc) is 2.49. The fourth-order valence-corrected chi connectivity index (χ4v) is 3.59. The lowest BCUT2D eigenvalue weighted by Gasteiger charge is -2.18. The van der Waals surface area contributed by atoms with E-state index in [1.165, 1.54) is 23.5 Å². The minimum atomic E-state index is -3.71. The van der Waals surface area contributed by atoms with Gasteiger partial charge >= 0.3 is 0 Å². The number of benzene rings is 2. The van der Waals surface area contributed by atoms with Gasteiger partial charge in [-0.15, -0.1) is 0 Å². The first-order chi connectivity index (χ1) is 10.7. The van der Waals surface area contributed by atoms with E-state index in [2.05, 4.69) is 15.9 Å². The Morgan fingerprint density at radius 2 is 1.78 bits per heavy atom. The molecule has 2 aromatic carbocycles. The van der Waals surface area contributed by atoms with Crippen LogP contribution in [0.3, 0.4) is 0 Å². The van der Waals surface area contributed by atoms with Crippen LogP contribution >= 0.6 is 15.9 Å². The molecule has 122 valence electrons. The Morgan fingerprint density at radius 3 is 2.35 bits per heavy atom. The number of carbonyl (C=O) groups excluding carboxylic acids is 1. The monoisotopic (exact) mass is 396 g/mol. The smallest absolute Gasteiger partial charge is 0.249 e. The molecule has 1 amide bonds. The third-order valence-corrected chi connectivity index (χ3v) is 5.83. The summed E-state index contributed by atoms with van der Waals surface area (Å²) in [6.07, 6.45) is 0. The average molecular weight is 397 g/mol. The van der Waals surface area contributed by atoms with Crippen molar-refractivity contribution in [3.8, 4) is 0 Å². The second-order valence-corrected chi connectivity index (χ2v) is 8.19. The van der Waals surface area contributed by atoms with Crippen LogP contribution in [0.1, 0.15) is 21.5 Å². The Bertz CT molecular complexity index is 833. The number of nitrogens with two attached hydrogens (primary N) is 1. The highest BCUT2D eigenvalue weighted by Gasteiger charge is 2.22. The molecule has 0 saturated carbocycles. The third kappa shape index (κ3) is 3.99. The Kier molecular flexibility index (Phi) is 5.23. The van der Waals surface area contributed by atoms with Crippen molar-refractivity contribution >= 4 is 31.9 Å². The second-order valence-electron chi connectivity index (χ2n) is 5.23. The molecule has 23 heavy (non-hydrogen) atoms. The van der Waals surface area contributed by atoms with Gasteiger partial charge < -0.3 is 5.73 Å². The summed E-state index contributed by atoms with van der Waals surface area (Å²) in [5.41, 5.74) is 7.01. The molecule has 0 aliphatic rings. The topological polar surface area (TPSA) is 80.5 Å². The van der Waals surface area contributed by atoms with Crippen LogP contribution in [-0.2, 0) is 16.6 Å². The van der Waals surface area contributed by atoms with Crippen LogP contribution in [-0.4, -0.2) is 25.7 Å². The highest BCUT2D eigenvalue weighted by atomic mass is 79.9. The molecular formula is C16H17BrN2O3S. The molecule has 5 nitrogen and oxygen atoms in total. The highest BCUT2D eigenvalue weighted by Crippen LogP contribution is 2.20. The van der Waals surface area contributed by atoms with Crippen LogP contribution in [0.4, 0.5) is 0 Å². The molecule has 7 heteroatoms. The number of sulfonamides is 1. The van der Waals surface area contributed by atoms with E-state index < -0.39 is 15.9 Å². The Morgan fingerprint density at radius 1 is 1.17 bits per heavy atom. The Labute approximate surface area is 144 Å². The van der Waals surface area contributed by atoms with Crippen molar-refractivity contribution in [1.29, 1.82) is 0 Å². The molecule has 0 unspecified atom stereocenters. The van der Waals surface area contributed by atoms with Crippen molar-refractivity contribution in [2.24, 2.45) is 5.73 Å². The SMILES string of the molecule is Cc1ccc(S(=O)(=O)N(C)Cc2ccc(Br)cc2)cc1C(N)=O. The van der Waals surface area contributed by atoms with Gasteiger partial charge in [0, 0.05) is 23.6 Å². The molecule has 0 heterocycles. The summed E-state index contributed by atoms with van der Waals surface area (Å²) in [5.74, 6) is -0.643. The fraction of sp³-hybridized carbons (Fsp3) is 0.188. The zero-order valence-electron chi connectivity index (χ0n) is 12.8. The van der Waals surface area contributed by atoms with Crippen molar-refractivity contribution in [2.75, 3.05) is 7.05 Å². The zero-order chi connectivity index (χ0) is 17.2. The van der Waals surface area contributed by atoms with Gasteiger partial charge in [0.15, 0.2) is 0 Å². The van der Waals surface area contributed by atoms with E-state index in [0.717, 1.165) is 10.0 Å². The maximum atomic E-state index is 12.7. The van der Waals surface area contributed by atoms with E-state index in [9.17, 15) is 13.2 Å². The third-order valence-electron chi connectivity index (χ3n) is 3.50. The largest absolute Gasteiger partial charge is 0.366 e. The van der Waals surface area contributed by atoms with Gasteiger partial charge in [0.1, 0.15) is 0 Å². The molecular weight excluding hydrogens is 380 g/mol. The maximum Gasteiger partial charge on any atom is 0.249 e. The van der Waals surface area contributed by atoms with Crippen LogP contribution in [0.25, 0.3) is 0 Å². The first-order valence-electron chi connectivity index (χ1n) is 6.83. The molecule has 0 spiro atoms. The first-order valence-corrected chi connectivity index (χ1v) is 9.06. The van der Waals surface area contributed by atoms with Gasteiger partial charge in [-0.1, -0.05) is 34.1 Å². The van der Waals surface area contributed by atoms with Crippen LogP contribution < -0.4 is 5.73 Å². The minimum Gasteiger partial charge on any atom is -0.366 e. The summed E-state index contributed by atoms with van der Waals surface area (Å²) in [6.45, 7) is 1.94. The summed E-state index contributed by atoms with van der Waals surface area (Å²) >= 11 is 3.34. The number of hydrogen-bond acceptors (Lipinski definition) is 3. The lowest BCUT2D eigenvalue weighted by molar-refractivity contribution is 0.0999. The molecule has 2 rings (SSSR count). The Balaban J connectivity index is 2.32. The van der Waals surface area contributed by atoms with Gasteiger partial charge in [0.2, 0.25) is 15.9 Å². The van der Waals surface area contributed by atoms with E-state index >= 15 is 0 Å². The first kappa shape index (κ1) is 17.7. The summed E-state index contributed by atoms with van der Waals surface area (Å²) in [6, 6.07) is 11.8. The van der Waals surface area contributed by atoms with E-state index in [4.69, 9.17) is 5.73 Å². The molecule has 0 saturated heterocycles. The zero-order valence-corrected chi connectivity index (χ0v) is 15.2. The van der Waals surface area contributed by atoms with Crippen molar-refractivity contribution in [2.45, 2.75) is 18.4 Å². The van der Waals surface area contributed by atoms with Crippen LogP contribution in [0.15, 0.2) is 51.8 Å². The molecule has 0 aliphatic heterocycles. The van der Waals surface area contributed by atoms with Crippen molar-refractivity contribution in [3.05, 3.63) is 63.6 Å². The number of primary amides is 1. The van der Waals surface area contributed by atoms with Crippen molar-refractivity contribution < 1.29 is 13.2 Å². The Hall–Kier alpha value is -1.70. The minimum absolute atomic E-state index is 0.0523. The number of rotatable bonds is 5. The van der Waals surface area contributed by atoms with Gasteiger partial charge in [-0.25, -0.2) is 8.42 Å². The van der Waals surface area contributed by atoms with Crippen molar-refractivity contribution in [1.82, 2.24) is 4.31 Å². The predicted octanol–water partition coefficient (Wildman–Crippen LogP) is 2.68. The predicted molar refractivity (Wildman–Crippen MR) is 92.5 cm³/mol. The summed E-state index contributed by atoms with van der Waals surface area (Å²) in [5, 5.41) is 0. The molecule has 0 bridgehead atoms. The molecule has 0 radical (unpaired) electrons. The summed E-state index contributed by atoms with van der Waals surface area (Å²) in [7, 11) is -2.21. The number of carbonyl (C=O) groups is 1. The molecule has 0 aromatic heterocycles. The van der Waals surface area contributed by atoms with Crippen molar-refractivity contribution in [3.63, 3.8) is 0 Å². The second kappa shape index (κ2) is 6.82. The number of hydrogen-bond donors (Lipinski definition) is 1. The van der Waals surface area contributed by atoms with E-state index in [0.29, 0.717) is 5.56 Å². The van der Waals surface area contributed by atoms with Gasteiger partial charge in [0.25, 0.3) is 0 Å². The van der Waals surface area contributed by atoms with E-state index in [1.807, 2.05) is 24.3 Å². The number of aryl methyl sites for hydroxylation is 1. The molecule has 0 aliphatic carbocycles. The molecule has 0 fully saturated rings. The quantitative estimate of drug-likeness (QED) is 0.843. The van der Waals surface area contributed by atoms with Gasteiger partial charge in [-0.3, -0.25) is 4.79 Å². The van der Waals surface area contributed by atoms with Gasteiger partial charge in [-0.2, -0.15) is 4.31 Å². The van der Waals surface area contributed by atoms with Gasteiger partial charge in [-0.05, 0) is 42.3 Å². The molecule has 0 atom stereocenters. The summed E-state index contributed by atoms with van der Waals surface area (Å²) < 4.78 is 27.5. The van der Waals surface area contributed by atoms with Gasteiger partial charge in [0.05, 0.1) is 4.90 Å².